The second-order valence-electron chi connectivity index (χ2n) is 7.23. The van der Waals surface area contributed by atoms with Gasteiger partial charge in [-0.3, -0.25) is 19.4 Å². The van der Waals surface area contributed by atoms with Crippen molar-refractivity contribution in [3.05, 3.63) is 59.9 Å². The van der Waals surface area contributed by atoms with Crippen molar-refractivity contribution in [2.75, 3.05) is 43.4 Å². The normalized spacial score (nSPS) is 15.8. The number of anilines is 2. The Hall–Kier alpha value is -3.28. The fourth-order valence-corrected chi connectivity index (χ4v) is 3.32. The minimum Gasteiger partial charge on any atom is -0.325 e. The summed E-state index contributed by atoms with van der Waals surface area (Å²) in [6.45, 7) is 4.72. The number of carbonyl (C=O) groups is 2. The summed E-state index contributed by atoms with van der Waals surface area (Å²) < 4.78 is 13.3. The molecule has 2 aromatic carbocycles. The number of nitrogens with zero attached hydrogens (tertiary/aromatic N) is 3. The molecule has 2 N–H and O–H groups in total. The molecule has 2 amide bonds. The summed E-state index contributed by atoms with van der Waals surface area (Å²) in [6.07, 6.45) is 0. The minimum atomic E-state index is -0.395. The highest BCUT2D eigenvalue weighted by Crippen LogP contribution is 2.13. The van der Waals surface area contributed by atoms with Crippen molar-refractivity contribution in [3.63, 3.8) is 0 Å². The summed E-state index contributed by atoms with van der Waals surface area (Å²) in [5, 5.41) is 14.4. The van der Waals surface area contributed by atoms with Crippen molar-refractivity contribution in [3.8, 4) is 6.07 Å². The molecule has 0 aliphatic carbocycles. The van der Waals surface area contributed by atoms with Crippen molar-refractivity contribution in [1.82, 2.24) is 9.80 Å². The first-order valence-electron chi connectivity index (χ1n) is 9.77. The molecule has 0 spiro atoms. The average molecular weight is 409 g/mol. The standard InChI is InChI=1S/C22H24FN5O2/c1-16(22(30)26-20-4-2-3-18(23)13-20)28-11-9-27(10-12-28)15-21(29)25-19-7-5-17(14-24)6-8-19/h2-8,13,16H,9-12,15H2,1H3,(H,25,29)(H,26,30). The van der Waals surface area contributed by atoms with Gasteiger partial charge in [-0.2, -0.15) is 5.26 Å². The molecule has 0 bridgehead atoms. The smallest absolute Gasteiger partial charge is 0.241 e. The molecule has 3 rings (SSSR count). The van der Waals surface area contributed by atoms with Crippen molar-refractivity contribution < 1.29 is 14.0 Å². The maximum absolute atomic E-state index is 13.3. The molecule has 0 aromatic heterocycles. The Balaban J connectivity index is 1.43. The van der Waals surface area contributed by atoms with Gasteiger partial charge in [0.25, 0.3) is 0 Å². The molecule has 30 heavy (non-hydrogen) atoms. The van der Waals surface area contributed by atoms with E-state index in [1.807, 2.05) is 22.8 Å². The molecule has 2 aromatic rings. The van der Waals surface area contributed by atoms with Crippen molar-refractivity contribution >= 4 is 23.2 Å². The van der Waals surface area contributed by atoms with Crippen LogP contribution in [0.1, 0.15) is 12.5 Å². The van der Waals surface area contributed by atoms with Gasteiger partial charge in [-0.1, -0.05) is 6.07 Å². The quantitative estimate of drug-likeness (QED) is 0.764. The summed E-state index contributed by atoms with van der Waals surface area (Å²) in [5.41, 5.74) is 1.63. The molecule has 8 heteroatoms. The summed E-state index contributed by atoms with van der Waals surface area (Å²) in [5.74, 6) is -0.703. The third kappa shape index (κ3) is 5.86. The zero-order valence-electron chi connectivity index (χ0n) is 16.8. The van der Waals surface area contributed by atoms with E-state index in [2.05, 4.69) is 10.6 Å². The lowest BCUT2D eigenvalue weighted by molar-refractivity contribution is -0.122. The average Bonchev–Trinajstić information content (AvgIpc) is 2.74. The van der Waals surface area contributed by atoms with Crippen molar-refractivity contribution in [1.29, 1.82) is 5.26 Å². The summed E-state index contributed by atoms with van der Waals surface area (Å²) in [7, 11) is 0. The van der Waals surface area contributed by atoms with Gasteiger partial charge in [0.2, 0.25) is 11.8 Å². The van der Waals surface area contributed by atoms with E-state index in [9.17, 15) is 14.0 Å². The van der Waals surface area contributed by atoms with Gasteiger partial charge in [-0.25, -0.2) is 4.39 Å². The monoisotopic (exact) mass is 409 g/mol. The molecule has 0 saturated carbocycles. The van der Waals surface area contributed by atoms with E-state index in [-0.39, 0.29) is 24.4 Å². The molecule has 156 valence electrons. The number of rotatable bonds is 6. The Labute approximate surface area is 175 Å². The maximum Gasteiger partial charge on any atom is 0.241 e. The summed E-state index contributed by atoms with van der Waals surface area (Å²) in [4.78, 5) is 28.8. The van der Waals surface area contributed by atoms with Gasteiger partial charge in [0.1, 0.15) is 5.82 Å². The number of halogens is 1. The van der Waals surface area contributed by atoms with Gasteiger partial charge >= 0.3 is 0 Å². The van der Waals surface area contributed by atoms with E-state index in [0.717, 1.165) is 0 Å². The molecular formula is C22H24FN5O2. The van der Waals surface area contributed by atoms with Crippen LogP contribution in [0.15, 0.2) is 48.5 Å². The SMILES string of the molecule is CC(C(=O)Nc1cccc(F)c1)N1CCN(CC(=O)Nc2ccc(C#N)cc2)CC1. The number of benzene rings is 2. The van der Waals surface area contributed by atoms with Gasteiger partial charge < -0.3 is 10.6 Å². The van der Waals surface area contributed by atoms with Gasteiger partial charge in [0.05, 0.1) is 24.2 Å². The number of hydrogen-bond donors (Lipinski definition) is 2. The zero-order valence-corrected chi connectivity index (χ0v) is 16.8. The van der Waals surface area contributed by atoms with E-state index >= 15 is 0 Å². The van der Waals surface area contributed by atoms with Crippen LogP contribution < -0.4 is 10.6 Å². The Morgan fingerprint density at radius 3 is 2.40 bits per heavy atom. The predicted molar refractivity (Wildman–Crippen MR) is 112 cm³/mol. The number of amides is 2. The molecule has 1 aliphatic rings. The fourth-order valence-electron chi connectivity index (χ4n) is 3.32. The summed E-state index contributed by atoms with van der Waals surface area (Å²) in [6, 6.07) is 14.2. The Bertz CT molecular complexity index is 933. The zero-order chi connectivity index (χ0) is 21.5. The molecular weight excluding hydrogens is 385 g/mol. The first-order valence-corrected chi connectivity index (χ1v) is 9.77. The topological polar surface area (TPSA) is 88.5 Å². The van der Waals surface area contributed by atoms with E-state index in [0.29, 0.717) is 43.1 Å². The van der Waals surface area contributed by atoms with Crippen LogP contribution in [0.3, 0.4) is 0 Å². The molecule has 1 saturated heterocycles. The minimum absolute atomic E-state index is 0.120. The lowest BCUT2D eigenvalue weighted by Gasteiger charge is -2.37. The van der Waals surface area contributed by atoms with Gasteiger partial charge in [0, 0.05) is 37.6 Å². The highest BCUT2D eigenvalue weighted by Gasteiger charge is 2.26. The molecule has 1 fully saturated rings. The van der Waals surface area contributed by atoms with Crippen LogP contribution in [0.2, 0.25) is 0 Å². The van der Waals surface area contributed by atoms with Gasteiger partial charge in [-0.15, -0.1) is 0 Å². The molecule has 1 atom stereocenters. The van der Waals surface area contributed by atoms with Gasteiger partial charge in [-0.05, 0) is 49.4 Å². The maximum atomic E-state index is 13.3. The van der Waals surface area contributed by atoms with Crippen molar-refractivity contribution in [2.45, 2.75) is 13.0 Å². The van der Waals surface area contributed by atoms with E-state index in [4.69, 9.17) is 5.26 Å². The molecule has 1 heterocycles. The van der Waals surface area contributed by atoms with Crippen LogP contribution in [-0.4, -0.2) is 60.4 Å². The highest BCUT2D eigenvalue weighted by molar-refractivity contribution is 5.94. The molecule has 0 radical (unpaired) electrons. The number of piperazine rings is 1. The lowest BCUT2D eigenvalue weighted by Crippen LogP contribution is -2.53. The third-order valence-electron chi connectivity index (χ3n) is 5.09. The van der Waals surface area contributed by atoms with Crippen LogP contribution in [0, 0.1) is 17.1 Å². The first-order chi connectivity index (χ1) is 14.4. The van der Waals surface area contributed by atoms with E-state index < -0.39 is 5.82 Å². The van der Waals surface area contributed by atoms with Crippen LogP contribution in [0.25, 0.3) is 0 Å². The predicted octanol–water partition coefficient (Wildman–Crippen LogP) is 2.28. The second-order valence-corrected chi connectivity index (χ2v) is 7.23. The van der Waals surface area contributed by atoms with E-state index in [1.165, 1.54) is 12.1 Å². The molecule has 1 aliphatic heterocycles. The number of nitriles is 1. The van der Waals surface area contributed by atoms with Crippen LogP contribution in [0.5, 0.6) is 0 Å². The number of carbonyl (C=O) groups excluding carboxylic acids is 2. The number of nitrogens with one attached hydrogen (secondary N) is 2. The second kappa shape index (κ2) is 9.96. The van der Waals surface area contributed by atoms with Crippen molar-refractivity contribution in [2.24, 2.45) is 0 Å². The lowest BCUT2D eigenvalue weighted by atomic mass is 10.2. The largest absolute Gasteiger partial charge is 0.325 e. The Kier molecular flexibility index (Phi) is 7.12. The van der Waals surface area contributed by atoms with Crippen LogP contribution >= 0.6 is 0 Å². The Morgan fingerprint density at radius 1 is 1.07 bits per heavy atom. The van der Waals surface area contributed by atoms with E-state index in [1.54, 1.807) is 36.4 Å². The van der Waals surface area contributed by atoms with Crippen LogP contribution in [-0.2, 0) is 9.59 Å². The third-order valence-corrected chi connectivity index (χ3v) is 5.09. The number of hydrogen-bond acceptors (Lipinski definition) is 5. The molecule has 7 nitrogen and oxygen atoms in total. The highest BCUT2D eigenvalue weighted by atomic mass is 19.1. The van der Waals surface area contributed by atoms with Gasteiger partial charge in [0.15, 0.2) is 0 Å². The van der Waals surface area contributed by atoms with Crippen LogP contribution in [0.4, 0.5) is 15.8 Å². The fraction of sp³-hybridized carbons (Fsp3) is 0.318. The summed E-state index contributed by atoms with van der Waals surface area (Å²) >= 11 is 0. The molecule has 1 unspecified atom stereocenters. The Morgan fingerprint density at radius 2 is 1.77 bits per heavy atom. The first kappa shape index (κ1) is 21.4.